The highest BCUT2D eigenvalue weighted by Gasteiger charge is 2.50. The quantitative estimate of drug-likeness (QED) is 0.235. The van der Waals surface area contributed by atoms with Crippen LogP contribution in [-0.4, -0.2) is 86.7 Å². The number of ether oxygens (including phenoxy) is 3. The van der Waals surface area contributed by atoms with E-state index in [-0.39, 0.29) is 34.4 Å². The minimum Gasteiger partial charge on any atom is -0.507 e. The number of aliphatic hydroxyl groups is 3. The number of Topliss-reactive ketones (excluding diaryl/α,β-unsaturated/α-hetero) is 1. The molecule has 12 heteroatoms. The second-order valence-electron chi connectivity index (χ2n) is 10.2. The number of rotatable bonds is 5. The third kappa shape index (κ3) is 4.11. The van der Waals surface area contributed by atoms with E-state index in [9.17, 15) is 39.9 Å². The number of phenols is 2. The Labute approximate surface area is 222 Å². The van der Waals surface area contributed by atoms with Gasteiger partial charge in [0.15, 0.2) is 17.9 Å². The SMILES string of the molecule is COc1cccc2c1C(=O)c1c(O)c3c(c(O)c1C2=O)C[C@](O)(C(=O)CO)C[C@@H]3O[C@@H]1C[C@@H](N)[C@@H](O)[C@@H](C)O1. The minimum atomic E-state index is -2.24. The standard InChI is InChI=1S/C27H29NO11/c1-10-22(31)13(28)6-17(38-10)39-15-8-27(36,16(30)9-29)7-12-19(15)26(35)21-20(24(12)33)23(32)11-4-3-5-14(37-2)18(11)25(21)34/h3-5,10,13,15,17,22,29,31,33,35-36H,6-9,28H2,1-2H3/t10-,13-,15+,17-,22+,27-/m1/s1. The van der Waals surface area contributed by atoms with Gasteiger partial charge in [0.05, 0.1) is 42.1 Å². The lowest BCUT2D eigenvalue weighted by atomic mass is 9.72. The Kier molecular flexibility index (Phi) is 6.74. The van der Waals surface area contributed by atoms with Gasteiger partial charge in [-0.05, 0) is 13.0 Å². The molecule has 39 heavy (non-hydrogen) atoms. The number of hydrogen-bond acceptors (Lipinski definition) is 12. The average Bonchev–Trinajstić information content (AvgIpc) is 2.90. The van der Waals surface area contributed by atoms with Crippen LogP contribution in [-0.2, 0) is 20.7 Å². The lowest BCUT2D eigenvalue weighted by Crippen LogP contribution is -2.53. The first kappa shape index (κ1) is 27.2. The molecule has 3 aliphatic rings. The molecule has 0 amide bonds. The normalized spacial score (nSPS) is 29.8. The van der Waals surface area contributed by atoms with Crippen molar-refractivity contribution in [2.24, 2.45) is 5.73 Å². The van der Waals surface area contributed by atoms with E-state index in [2.05, 4.69) is 0 Å². The molecule has 208 valence electrons. The maximum atomic E-state index is 13.6. The third-order valence-electron chi connectivity index (χ3n) is 7.81. The summed E-state index contributed by atoms with van der Waals surface area (Å²) in [6.07, 6.45) is -5.12. The van der Waals surface area contributed by atoms with Crippen LogP contribution in [0.25, 0.3) is 0 Å². The van der Waals surface area contributed by atoms with E-state index in [1.807, 2.05) is 0 Å². The van der Waals surface area contributed by atoms with Gasteiger partial charge in [-0.15, -0.1) is 0 Å². The average molecular weight is 544 g/mol. The molecule has 1 heterocycles. The van der Waals surface area contributed by atoms with Crippen molar-refractivity contribution < 1.29 is 54.1 Å². The molecule has 0 unspecified atom stereocenters. The molecule has 2 aromatic rings. The molecular formula is C27H29NO11. The van der Waals surface area contributed by atoms with Crippen molar-refractivity contribution in [3.8, 4) is 17.2 Å². The van der Waals surface area contributed by atoms with Crippen LogP contribution >= 0.6 is 0 Å². The lowest BCUT2D eigenvalue weighted by Gasteiger charge is -2.42. The van der Waals surface area contributed by atoms with Gasteiger partial charge in [-0.2, -0.15) is 0 Å². The Morgan fingerprint density at radius 3 is 2.49 bits per heavy atom. The molecular weight excluding hydrogens is 514 g/mol. The van der Waals surface area contributed by atoms with Crippen molar-refractivity contribution in [2.45, 2.75) is 62.4 Å². The fraction of sp³-hybridized carbons (Fsp3) is 0.444. The number of aliphatic hydroxyl groups excluding tert-OH is 2. The maximum Gasteiger partial charge on any atom is 0.202 e. The summed E-state index contributed by atoms with van der Waals surface area (Å²) in [6.45, 7) is 0.560. The first-order chi connectivity index (χ1) is 18.4. The Morgan fingerprint density at radius 1 is 1.15 bits per heavy atom. The summed E-state index contributed by atoms with van der Waals surface area (Å²) in [6, 6.07) is 3.64. The summed E-state index contributed by atoms with van der Waals surface area (Å²) in [4.78, 5) is 39.7. The highest BCUT2D eigenvalue weighted by atomic mass is 16.7. The van der Waals surface area contributed by atoms with Gasteiger partial charge >= 0.3 is 0 Å². The van der Waals surface area contributed by atoms with E-state index in [4.69, 9.17) is 19.9 Å². The van der Waals surface area contributed by atoms with Gasteiger partial charge in [0, 0.05) is 42.0 Å². The fourth-order valence-electron chi connectivity index (χ4n) is 5.75. The second kappa shape index (κ2) is 9.66. The highest BCUT2D eigenvalue weighted by molar-refractivity contribution is 6.31. The zero-order valence-corrected chi connectivity index (χ0v) is 21.2. The molecule has 0 spiro atoms. The number of carbonyl (C=O) groups excluding carboxylic acids is 3. The molecule has 0 aromatic heterocycles. The molecule has 2 aromatic carbocycles. The van der Waals surface area contributed by atoms with Gasteiger partial charge in [-0.1, -0.05) is 12.1 Å². The van der Waals surface area contributed by atoms with Crippen LogP contribution in [0.5, 0.6) is 17.2 Å². The van der Waals surface area contributed by atoms with E-state index in [1.165, 1.54) is 25.3 Å². The number of hydrogen-bond donors (Lipinski definition) is 6. The number of ketones is 3. The maximum absolute atomic E-state index is 13.6. The first-order valence-electron chi connectivity index (χ1n) is 12.4. The number of nitrogens with two attached hydrogens (primary N) is 1. The lowest BCUT2D eigenvalue weighted by molar-refractivity contribution is -0.247. The molecule has 12 nitrogen and oxygen atoms in total. The second-order valence-corrected chi connectivity index (χ2v) is 10.2. The van der Waals surface area contributed by atoms with E-state index in [1.54, 1.807) is 6.92 Å². The van der Waals surface area contributed by atoms with Crippen molar-refractivity contribution in [1.29, 1.82) is 0 Å². The molecule has 0 bridgehead atoms. The first-order valence-corrected chi connectivity index (χ1v) is 12.4. The van der Waals surface area contributed by atoms with Gasteiger partial charge < -0.3 is 45.5 Å². The van der Waals surface area contributed by atoms with Gasteiger partial charge in [-0.3, -0.25) is 14.4 Å². The van der Waals surface area contributed by atoms with E-state index < -0.39 is 95.7 Å². The minimum absolute atomic E-state index is 0.0173. The molecule has 7 N–H and O–H groups in total. The van der Waals surface area contributed by atoms with Gasteiger partial charge in [-0.25, -0.2) is 0 Å². The summed E-state index contributed by atoms with van der Waals surface area (Å²) in [5.41, 5.74) is 2.37. The molecule has 0 radical (unpaired) electrons. The van der Waals surface area contributed by atoms with E-state index in [0.29, 0.717) is 0 Å². The van der Waals surface area contributed by atoms with E-state index >= 15 is 0 Å². The Hall–Kier alpha value is -3.39. The van der Waals surface area contributed by atoms with Crippen LogP contribution in [0.1, 0.15) is 68.8 Å². The van der Waals surface area contributed by atoms with Crippen molar-refractivity contribution in [2.75, 3.05) is 13.7 Å². The number of carbonyl (C=O) groups is 3. The molecule has 6 atom stereocenters. The number of aromatic hydroxyl groups is 2. The van der Waals surface area contributed by atoms with Crippen LogP contribution in [0.15, 0.2) is 18.2 Å². The molecule has 5 rings (SSSR count). The summed E-state index contributed by atoms with van der Waals surface area (Å²) in [5, 5.41) is 53.7. The van der Waals surface area contributed by atoms with Gasteiger partial charge in [0.2, 0.25) is 5.78 Å². The summed E-state index contributed by atoms with van der Waals surface area (Å²) in [7, 11) is 1.32. The van der Waals surface area contributed by atoms with Crippen LogP contribution in [0, 0.1) is 0 Å². The predicted molar refractivity (Wildman–Crippen MR) is 132 cm³/mol. The van der Waals surface area contributed by atoms with Crippen molar-refractivity contribution in [1.82, 2.24) is 0 Å². The number of methoxy groups -OCH3 is 1. The van der Waals surface area contributed by atoms with Crippen molar-refractivity contribution in [3.63, 3.8) is 0 Å². The topological polar surface area (TPSA) is 206 Å². The van der Waals surface area contributed by atoms with Gasteiger partial charge in [0.25, 0.3) is 0 Å². The largest absolute Gasteiger partial charge is 0.507 e. The summed E-state index contributed by atoms with van der Waals surface area (Å²) < 4.78 is 17.0. The smallest absolute Gasteiger partial charge is 0.202 e. The monoisotopic (exact) mass is 543 g/mol. The Bertz CT molecular complexity index is 1380. The van der Waals surface area contributed by atoms with Crippen molar-refractivity contribution in [3.05, 3.63) is 51.6 Å². The Morgan fingerprint density at radius 2 is 1.85 bits per heavy atom. The molecule has 1 saturated heterocycles. The molecule has 1 fully saturated rings. The van der Waals surface area contributed by atoms with Crippen LogP contribution in [0.2, 0.25) is 0 Å². The number of benzene rings is 2. The zero-order chi connectivity index (χ0) is 28.4. The third-order valence-corrected chi connectivity index (χ3v) is 7.81. The van der Waals surface area contributed by atoms with Crippen LogP contribution in [0.3, 0.4) is 0 Å². The highest BCUT2D eigenvalue weighted by Crippen LogP contribution is 2.52. The Balaban J connectivity index is 1.69. The van der Waals surface area contributed by atoms with Crippen molar-refractivity contribution >= 4 is 17.3 Å². The molecule has 0 saturated carbocycles. The number of fused-ring (bicyclic) bond motifs is 3. The molecule has 2 aliphatic carbocycles. The summed E-state index contributed by atoms with van der Waals surface area (Å²) >= 11 is 0. The van der Waals surface area contributed by atoms with Crippen LogP contribution < -0.4 is 10.5 Å². The zero-order valence-electron chi connectivity index (χ0n) is 21.2. The number of phenolic OH excluding ortho intramolecular Hbond substituents is 2. The van der Waals surface area contributed by atoms with Crippen LogP contribution in [0.4, 0.5) is 0 Å². The predicted octanol–water partition coefficient (Wildman–Crippen LogP) is 0.00130. The summed E-state index contributed by atoms with van der Waals surface area (Å²) in [5.74, 6) is -3.77. The van der Waals surface area contributed by atoms with Gasteiger partial charge in [0.1, 0.15) is 29.5 Å². The van der Waals surface area contributed by atoms with E-state index in [0.717, 1.165) is 0 Å². The molecule has 1 aliphatic heterocycles. The fourth-order valence-corrected chi connectivity index (χ4v) is 5.75.